The Hall–Kier alpha value is -3.52. The molecule has 2 nitrogen and oxygen atoms in total. The standard InChI is InChI=1S/C52H76N2/c1-4-7-9-11-13-15-17-19-22-51(47-32-36-49(53)37-33-47)45-28-24-42(25-29-45)40-44(21-6-3)41-43-26-30-46(31-27-43)52(48-34-38-50(54)39-35-48)23-20-18-16-14-12-10-8-5-2/h24-39,44,51-52H,4-23,40-41,53-54H2,1-3H3. The van der Waals surface area contributed by atoms with Crippen LogP contribution in [0.5, 0.6) is 0 Å². The fourth-order valence-electron chi connectivity index (χ4n) is 8.60. The van der Waals surface area contributed by atoms with E-state index in [0.29, 0.717) is 17.8 Å². The van der Waals surface area contributed by atoms with Crippen LogP contribution in [0.3, 0.4) is 0 Å². The van der Waals surface area contributed by atoms with E-state index >= 15 is 0 Å². The minimum atomic E-state index is 0.428. The highest BCUT2D eigenvalue weighted by atomic mass is 14.5. The summed E-state index contributed by atoms with van der Waals surface area (Å²) in [5.74, 6) is 1.50. The predicted molar refractivity (Wildman–Crippen MR) is 239 cm³/mol. The van der Waals surface area contributed by atoms with Gasteiger partial charge < -0.3 is 11.5 Å². The van der Waals surface area contributed by atoms with Gasteiger partial charge in [-0.1, -0.05) is 209 Å². The Bertz CT molecular complexity index is 1390. The van der Waals surface area contributed by atoms with Crippen LogP contribution in [0.1, 0.15) is 194 Å². The molecule has 294 valence electrons. The molecule has 0 aliphatic rings. The Morgan fingerprint density at radius 2 is 0.630 bits per heavy atom. The number of benzene rings is 4. The van der Waals surface area contributed by atoms with Crippen LogP contribution >= 0.6 is 0 Å². The number of anilines is 2. The molecule has 4 aromatic rings. The monoisotopic (exact) mass is 729 g/mol. The Kier molecular flexibility index (Phi) is 20.4. The van der Waals surface area contributed by atoms with E-state index in [2.05, 4.69) is 118 Å². The predicted octanol–water partition coefficient (Wildman–Crippen LogP) is 15.4. The first-order valence-corrected chi connectivity index (χ1v) is 22.4. The van der Waals surface area contributed by atoms with Crippen molar-refractivity contribution in [3.05, 3.63) is 130 Å². The van der Waals surface area contributed by atoms with E-state index in [9.17, 15) is 0 Å². The molecule has 0 bridgehead atoms. The van der Waals surface area contributed by atoms with Gasteiger partial charge in [-0.05, 0) is 89.2 Å². The van der Waals surface area contributed by atoms with Crippen molar-refractivity contribution in [3.63, 3.8) is 0 Å². The second-order valence-electron chi connectivity index (χ2n) is 16.5. The Labute approximate surface area is 332 Å². The lowest BCUT2D eigenvalue weighted by Gasteiger charge is -2.21. The molecule has 2 unspecified atom stereocenters. The summed E-state index contributed by atoms with van der Waals surface area (Å²) in [5, 5.41) is 0. The van der Waals surface area contributed by atoms with Crippen molar-refractivity contribution < 1.29 is 0 Å². The van der Waals surface area contributed by atoms with Gasteiger partial charge in [0.25, 0.3) is 0 Å². The number of rotatable bonds is 28. The average Bonchev–Trinajstić information content (AvgIpc) is 3.19. The highest BCUT2D eigenvalue weighted by Crippen LogP contribution is 2.34. The van der Waals surface area contributed by atoms with Gasteiger partial charge in [0.1, 0.15) is 0 Å². The van der Waals surface area contributed by atoms with Crippen LogP contribution in [-0.2, 0) is 12.8 Å². The summed E-state index contributed by atoms with van der Waals surface area (Å²) in [6.07, 6.45) is 28.8. The van der Waals surface area contributed by atoms with Gasteiger partial charge in [0, 0.05) is 23.2 Å². The summed E-state index contributed by atoms with van der Waals surface area (Å²) >= 11 is 0. The largest absolute Gasteiger partial charge is 0.399 e. The minimum absolute atomic E-state index is 0.428. The Morgan fingerprint density at radius 1 is 0.333 bits per heavy atom. The fourth-order valence-corrected chi connectivity index (χ4v) is 8.60. The molecule has 0 heterocycles. The third kappa shape index (κ3) is 15.7. The normalized spacial score (nSPS) is 13.2. The van der Waals surface area contributed by atoms with Crippen LogP contribution in [0.25, 0.3) is 0 Å². The molecule has 0 aliphatic carbocycles. The third-order valence-electron chi connectivity index (χ3n) is 11.9. The maximum absolute atomic E-state index is 6.09. The van der Waals surface area contributed by atoms with Crippen molar-refractivity contribution in [1.82, 2.24) is 0 Å². The third-order valence-corrected chi connectivity index (χ3v) is 11.9. The van der Waals surface area contributed by atoms with E-state index in [1.54, 1.807) is 0 Å². The number of nitrogens with two attached hydrogens (primary N) is 2. The van der Waals surface area contributed by atoms with Crippen LogP contribution in [0.4, 0.5) is 11.4 Å². The first kappa shape index (κ1) is 43.2. The molecule has 0 saturated heterocycles. The van der Waals surface area contributed by atoms with E-state index in [1.165, 1.54) is 162 Å². The van der Waals surface area contributed by atoms with Gasteiger partial charge in [0.05, 0.1) is 0 Å². The number of hydrogen-bond donors (Lipinski definition) is 2. The van der Waals surface area contributed by atoms with Crippen LogP contribution < -0.4 is 11.5 Å². The molecule has 0 fully saturated rings. The average molecular weight is 729 g/mol. The molecule has 4 rings (SSSR count). The molecule has 4 aromatic carbocycles. The second kappa shape index (κ2) is 25.5. The van der Waals surface area contributed by atoms with Crippen molar-refractivity contribution in [2.45, 2.75) is 174 Å². The van der Waals surface area contributed by atoms with Gasteiger partial charge >= 0.3 is 0 Å². The van der Waals surface area contributed by atoms with E-state index < -0.39 is 0 Å². The lowest BCUT2D eigenvalue weighted by molar-refractivity contribution is 0.474. The molecule has 0 amide bonds. The second-order valence-corrected chi connectivity index (χ2v) is 16.5. The summed E-state index contributed by atoms with van der Waals surface area (Å²) < 4.78 is 0. The number of hydrogen-bond acceptors (Lipinski definition) is 2. The van der Waals surface area contributed by atoms with Gasteiger partial charge in [0.2, 0.25) is 0 Å². The zero-order valence-corrected chi connectivity index (χ0v) is 34.7. The van der Waals surface area contributed by atoms with Crippen LogP contribution in [0, 0.1) is 5.92 Å². The minimum Gasteiger partial charge on any atom is -0.399 e. The molecule has 0 spiro atoms. The quantitative estimate of drug-likeness (QED) is 0.0452. The molecule has 4 N–H and O–H groups in total. The SMILES string of the molecule is CCCCCCCCCCC(c1ccc(N)cc1)c1ccc(CC(CCC)Cc2ccc(C(CCCCCCCCCC)c3ccc(N)cc3)cc2)cc1. The number of nitrogen functional groups attached to an aromatic ring is 2. The summed E-state index contributed by atoms with van der Waals surface area (Å²) in [4.78, 5) is 0. The summed E-state index contributed by atoms with van der Waals surface area (Å²) in [6, 6.07) is 36.6. The van der Waals surface area contributed by atoms with E-state index in [1.807, 2.05) is 0 Å². The van der Waals surface area contributed by atoms with E-state index in [0.717, 1.165) is 24.2 Å². The molecule has 0 saturated carbocycles. The Balaban J connectivity index is 1.36. The summed E-state index contributed by atoms with van der Waals surface area (Å²) in [7, 11) is 0. The van der Waals surface area contributed by atoms with Crippen molar-refractivity contribution >= 4 is 11.4 Å². The smallest absolute Gasteiger partial charge is 0.0314 e. The molecule has 0 aliphatic heterocycles. The van der Waals surface area contributed by atoms with Crippen molar-refractivity contribution in [1.29, 1.82) is 0 Å². The topological polar surface area (TPSA) is 52.0 Å². The van der Waals surface area contributed by atoms with Gasteiger partial charge in [-0.15, -0.1) is 0 Å². The van der Waals surface area contributed by atoms with Crippen LogP contribution in [0.15, 0.2) is 97.1 Å². The summed E-state index contributed by atoms with van der Waals surface area (Å²) in [6.45, 7) is 6.93. The van der Waals surface area contributed by atoms with Gasteiger partial charge in [-0.25, -0.2) is 0 Å². The molecule has 54 heavy (non-hydrogen) atoms. The van der Waals surface area contributed by atoms with Gasteiger partial charge in [-0.3, -0.25) is 0 Å². The molecule has 2 atom stereocenters. The maximum atomic E-state index is 6.09. The van der Waals surface area contributed by atoms with Crippen molar-refractivity contribution in [2.75, 3.05) is 11.5 Å². The molecular formula is C52H76N2. The fraction of sp³-hybridized carbons (Fsp3) is 0.538. The molecule has 0 aromatic heterocycles. The van der Waals surface area contributed by atoms with Crippen LogP contribution in [-0.4, -0.2) is 0 Å². The molecular weight excluding hydrogens is 653 g/mol. The molecule has 0 radical (unpaired) electrons. The van der Waals surface area contributed by atoms with Crippen molar-refractivity contribution in [3.8, 4) is 0 Å². The highest BCUT2D eigenvalue weighted by Gasteiger charge is 2.17. The van der Waals surface area contributed by atoms with Gasteiger partial charge in [0.15, 0.2) is 0 Å². The van der Waals surface area contributed by atoms with E-state index in [-0.39, 0.29) is 0 Å². The zero-order chi connectivity index (χ0) is 38.2. The number of unbranched alkanes of at least 4 members (excludes halogenated alkanes) is 14. The zero-order valence-electron chi connectivity index (χ0n) is 34.7. The lowest BCUT2D eigenvalue weighted by atomic mass is 9.84. The van der Waals surface area contributed by atoms with Gasteiger partial charge in [-0.2, -0.15) is 0 Å². The van der Waals surface area contributed by atoms with E-state index in [4.69, 9.17) is 11.5 Å². The molecule has 2 heteroatoms. The lowest BCUT2D eigenvalue weighted by Crippen LogP contribution is -2.09. The van der Waals surface area contributed by atoms with Crippen molar-refractivity contribution in [2.24, 2.45) is 5.92 Å². The highest BCUT2D eigenvalue weighted by molar-refractivity contribution is 5.44. The maximum Gasteiger partial charge on any atom is 0.0314 e. The first-order chi connectivity index (χ1) is 26.5. The summed E-state index contributed by atoms with van der Waals surface area (Å²) in [5.41, 5.74) is 22.5. The first-order valence-electron chi connectivity index (χ1n) is 22.4. The Morgan fingerprint density at radius 3 is 0.944 bits per heavy atom. The van der Waals surface area contributed by atoms with Crippen LogP contribution in [0.2, 0.25) is 0 Å².